The first-order valence-corrected chi connectivity index (χ1v) is 7.93. The fourth-order valence-electron chi connectivity index (χ4n) is 2.68. The molecule has 0 saturated carbocycles. The molecule has 1 saturated heterocycles. The van der Waals surface area contributed by atoms with Crippen LogP contribution in [0.1, 0.15) is 33.2 Å². The molecule has 1 amide bonds. The van der Waals surface area contributed by atoms with Crippen LogP contribution in [-0.2, 0) is 11.3 Å². The number of carbonyl (C=O) groups is 1. The molecule has 8 heteroatoms. The van der Waals surface area contributed by atoms with E-state index in [1.807, 2.05) is 13.0 Å². The molecule has 128 valence electrons. The number of hydrogen-bond acceptors (Lipinski definition) is 7. The summed E-state index contributed by atoms with van der Waals surface area (Å²) in [4.78, 5) is 23.4. The minimum Gasteiger partial charge on any atom is -0.378 e. The number of aromatic nitrogens is 3. The topological polar surface area (TPSA) is 93.4 Å². The Kier molecular flexibility index (Phi) is 4.75. The van der Waals surface area contributed by atoms with Gasteiger partial charge in [0.1, 0.15) is 11.3 Å². The second kappa shape index (κ2) is 6.96. The van der Waals surface area contributed by atoms with Crippen LogP contribution < -0.4 is 10.2 Å². The lowest BCUT2D eigenvalue weighted by molar-refractivity contribution is 0.0948. The van der Waals surface area contributed by atoms with Gasteiger partial charge < -0.3 is 19.5 Å². The summed E-state index contributed by atoms with van der Waals surface area (Å²) < 4.78 is 10.4. The number of morpholine rings is 1. The van der Waals surface area contributed by atoms with Crippen LogP contribution in [0.25, 0.3) is 0 Å². The van der Waals surface area contributed by atoms with Gasteiger partial charge in [-0.15, -0.1) is 0 Å². The van der Waals surface area contributed by atoms with Gasteiger partial charge in [0.05, 0.1) is 31.1 Å². The standard InChI is InChI=1S/C16H21N5O3/c1-10-8-13(19-16(18-10)21-4-6-23-7-5-21)9-17-15(22)14-11(2)20-24-12(14)3/h8H,4-7,9H2,1-3H3,(H,17,22). The van der Waals surface area contributed by atoms with Gasteiger partial charge in [0, 0.05) is 18.8 Å². The van der Waals surface area contributed by atoms with Gasteiger partial charge in [-0.3, -0.25) is 4.79 Å². The van der Waals surface area contributed by atoms with Crippen LogP contribution in [0.15, 0.2) is 10.6 Å². The fourth-order valence-corrected chi connectivity index (χ4v) is 2.68. The van der Waals surface area contributed by atoms with E-state index in [1.165, 1.54) is 0 Å². The van der Waals surface area contributed by atoms with E-state index in [-0.39, 0.29) is 5.91 Å². The van der Waals surface area contributed by atoms with Gasteiger partial charge in [0.15, 0.2) is 0 Å². The van der Waals surface area contributed by atoms with Crippen LogP contribution in [0.2, 0.25) is 0 Å². The zero-order valence-corrected chi connectivity index (χ0v) is 14.1. The van der Waals surface area contributed by atoms with E-state index in [2.05, 4.69) is 25.3 Å². The maximum absolute atomic E-state index is 12.3. The van der Waals surface area contributed by atoms with Crippen LogP contribution >= 0.6 is 0 Å². The molecule has 2 aromatic rings. The Morgan fingerprint density at radius 3 is 2.67 bits per heavy atom. The molecule has 0 unspecified atom stereocenters. The molecule has 3 heterocycles. The van der Waals surface area contributed by atoms with E-state index < -0.39 is 0 Å². The average molecular weight is 331 g/mol. The number of ether oxygens (including phenoxy) is 1. The molecule has 1 N–H and O–H groups in total. The molecule has 0 spiro atoms. The number of aryl methyl sites for hydroxylation is 3. The van der Waals surface area contributed by atoms with E-state index in [0.717, 1.165) is 24.5 Å². The summed E-state index contributed by atoms with van der Waals surface area (Å²) in [6.45, 7) is 8.61. The second-order valence-electron chi connectivity index (χ2n) is 5.78. The van der Waals surface area contributed by atoms with Crippen molar-refractivity contribution in [3.05, 3.63) is 34.5 Å². The van der Waals surface area contributed by atoms with Crippen LogP contribution in [0.4, 0.5) is 5.95 Å². The first-order chi connectivity index (χ1) is 11.5. The van der Waals surface area contributed by atoms with Gasteiger partial charge in [-0.2, -0.15) is 0 Å². The lowest BCUT2D eigenvalue weighted by Crippen LogP contribution is -2.37. The highest BCUT2D eigenvalue weighted by Gasteiger charge is 2.18. The molecule has 1 fully saturated rings. The number of rotatable bonds is 4. The quantitative estimate of drug-likeness (QED) is 0.898. The largest absolute Gasteiger partial charge is 0.378 e. The third-order valence-electron chi connectivity index (χ3n) is 3.88. The minimum atomic E-state index is -0.213. The zero-order valence-electron chi connectivity index (χ0n) is 14.1. The molecule has 8 nitrogen and oxygen atoms in total. The average Bonchev–Trinajstić information content (AvgIpc) is 2.92. The molecule has 0 atom stereocenters. The highest BCUT2D eigenvalue weighted by molar-refractivity contribution is 5.95. The summed E-state index contributed by atoms with van der Waals surface area (Å²) in [5, 5.41) is 6.67. The van der Waals surface area contributed by atoms with E-state index in [0.29, 0.717) is 42.7 Å². The molecular formula is C16H21N5O3. The SMILES string of the molecule is Cc1cc(CNC(=O)c2c(C)noc2C)nc(N2CCOCC2)n1. The molecule has 1 aliphatic rings. The Hall–Kier alpha value is -2.48. The van der Waals surface area contributed by atoms with Crippen molar-refractivity contribution < 1.29 is 14.1 Å². The monoisotopic (exact) mass is 331 g/mol. The van der Waals surface area contributed by atoms with Crippen molar-refractivity contribution in [2.75, 3.05) is 31.2 Å². The van der Waals surface area contributed by atoms with Crippen LogP contribution in [0.3, 0.4) is 0 Å². The highest BCUT2D eigenvalue weighted by atomic mass is 16.5. The smallest absolute Gasteiger partial charge is 0.257 e. The van der Waals surface area contributed by atoms with Crippen LogP contribution in [0, 0.1) is 20.8 Å². The maximum Gasteiger partial charge on any atom is 0.257 e. The zero-order chi connectivity index (χ0) is 17.1. The molecule has 0 aliphatic carbocycles. The Bertz CT molecular complexity index is 718. The minimum absolute atomic E-state index is 0.213. The van der Waals surface area contributed by atoms with Gasteiger partial charge in [0.25, 0.3) is 5.91 Å². The summed E-state index contributed by atoms with van der Waals surface area (Å²) >= 11 is 0. The number of carbonyl (C=O) groups excluding carboxylic acids is 1. The molecule has 0 radical (unpaired) electrons. The summed E-state index contributed by atoms with van der Waals surface area (Å²) in [5.74, 6) is 0.980. The van der Waals surface area contributed by atoms with Gasteiger partial charge in [-0.05, 0) is 26.8 Å². The predicted octanol–water partition coefficient (Wildman–Crippen LogP) is 1.16. The van der Waals surface area contributed by atoms with E-state index >= 15 is 0 Å². The predicted molar refractivity (Wildman–Crippen MR) is 86.9 cm³/mol. The third-order valence-corrected chi connectivity index (χ3v) is 3.88. The molecule has 1 aliphatic heterocycles. The number of anilines is 1. The Balaban J connectivity index is 1.71. The molecular weight excluding hydrogens is 310 g/mol. The number of nitrogens with one attached hydrogen (secondary N) is 1. The van der Waals surface area contributed by atoms with E-state index in [4.69, 9.17) is 9.26 Å². The van der Waals surface area contributed by atoms with E-state index in [1.54, 1.807) is 13.8 Å². The van der Waals surface area contributed by atoms with Crippen molar-refractivity contribution in [1.82, 2.24) is 20.4 Å². The highest BCUT2D eigenvalue weighted by Crippen LogP contribution is 2.14. The van der Waals surface area contributed by atoms with Crippen molar-refractivity contribution >= 4 is 11.9 Å². The Labute approximate surface area is 140 Å². The second-order valence-corrected chi connectivity index (χ2v) is 5.78. The summed E-state index contributed by atoms with van der Waals surface area (Å²) in [5.41, 5.74) is 2.70. The number of nitrogens with zero attached hydrogens (tertiary/aromatic N) is 4. The van der Waals surface area contributed by atoms with Crippen molar-refractivity contribution in [2.45, 2.75) is 27.3 Å². The van der Waals surface area contributed by atoms with Gasteiger partial charge in [-0.1, -0.05) is 5.16 Å². The molecule has 24 heavy (non-hydrogen) atoms. The number of amides is 1. The van der Waals surface area contributed by atoms with Gasteiger partial charge in [-0.25, -0.2) is 9.97 Å². The number of hydrogen-bond donors (Lipinski definition) is 1. The van der Waals surface area contributed by atoms with Crippen LogP contribution in [-0.4, -0.2) is 47.3 Å². The summed E-state index contributed by atoms with van der Waals surface area (Å²) in [6, 6.07) is 1.87. The van der Waals surface area contributed by atoms with Crippen molar-refractivity contribution in [3.63, 3.8) is 0 Å². The third kappa shape index (κ3) is 3.53. The Morgan fingerprint density at radius 1 is 1.25 bits per heavy atom. The normalized spacial score (nSPS) is 14.7. The molecule has 3 rings (SSSR count). The van der Waals surface area contributed by atoms with Gasteiger partial charge in [0.2, 0.25) is 5.95 Å². The molecule has 2 aromatic heterocycles. The van der Waals surface area contributed by atoms with E-state index in [9.17, 15) is 4.79 Å². The molecule has 0 aromatic carbocycles. The Morgan fingerprint density at radius 2 is 2.00 bits per heavy atom. The van der Waals surface area contributed by atoms with Crippen molar-refractivity contribution in [1.29, 1.82) is 0 Å². The fraction of sp³-hybridized carbons (Fsp3) is 0.500. The lowest BCUT2D eigenvalue weighted by atomic mass is 10.2. The van der Waals surface area contributed by atoms with Crippen molar-refractivity contribution in [3.8, 4) is 0 Å². The van der Waals surface area contributed by atoms with Crippen LogP contribution in [0.5, 0.6) is 0 Å². The summed E-state index contributed by atoms with van der Waals surface area (Å²) in [7, 11) is 0. The van der Waals surface area contributed by atoms with Gasteiger partial charge >= 0.3 is 0 Å². The van der Waals surface area contributed by atoms with Crippen molar-refractivity contribution in [2.24, 2.45) is 0 Å². The molecule has 0 bridgehead atoms. The maximum atomic E-state index is 12.3. The lowest BCUT2D eigenvalue weighted by Gasteiger charge is -2.27. The first kappa shape index (κ1) is 16.4. The first-order valence-electron chi connectivity index (χ1n) is 7.93. The summed E-state index contributed by atoms with van der Waals surface area (Å²) in [6.07, 6.45) is 0.